The van der Waals surface area contributed by atoms with E-state index in [1.54, 1.807) is 30.5 Å². The van der Waals surface area contributed by atoms with Crippen molar-refractivity contribution < 1.29 is 28.5 Å². The van der Waals surface area contributed by atoms with Crippen LogP contribution in [0.25, 0.3) is 11.1 Å². The van der Waals surface area contributed by atoms with Crippen LogP contribution < -0.4 is 19.5 Å². The van der Waals surface area contributed by atoms with E-state index in [0.29, 0.717) is 35.4 Å². The van der Waals surface area contributed by atoms with Crippen LogP contribution in [0.2, 0.25) is 5.02 Å². The van der Waals surface area contributed by atoms with Gasteiger partial charge in [0.1, 0.15) is 28.4 Å². The molecule has 1 aromatic carbocycles. The van der Waals surface area contributed by atoms with Crippen LogP contribution in [-0.4, -0.2) is 40.3 Å². The first-order chi connectivity index (χ1) is 16.8. The van der Waals surface area contributed by atoms with Gasteiger partial charge in [-0.1, -0.05) is 11.6 Å². The maximum absolute atomic E-state index is 15.3. The largest absolute Gasteiger partial charge is 0.481 e. The second-order valence-electron chi connectivity index (χ2n) is 8.34. The minimum atomic E-state index is -0.962. The minimum absolute atomic E-state index is 0.108. The summed E-state index contributed by atoms with van der Waals surface area (Å²) in [5.74, 6) is -0.419. The van der Waals surface area contributed by atoms with Crippen molar-refractivity contribution >= 4 is 17.6 Å². The van der Waals surface area contributed by atoms with Crippen molar-refractivity contribution in [3.8, 4) is 34.4 Å². The summed E-state index contributed by atoms with van der Waals surface area (Å²) in [5, 5.41) is 12.6. The molecule has 1 fully saturated rings. The van der Waals surface area contributed by atoms with Crippen molar-refractivity contribution in [2.24, 2.45) is 0 Å². The lowest BCUT2D eigenvalue weighted by Gasteiger charge is -2.19. The highest BCUT2D eigenvalue weighted by Crippen LogP contribution is 2.42. The average Bonchev–Trinajstić information content (AvgIpc) is 3.31. The minimum Gasteiger partial charge on any atom is -0.481 e. The molecule has 0 saturated carbocycles. The molecule has 2 N–H and O–H groups in total. The lowest BCUT2D eigenvalue weighted by Crippen LogP contribution is -2.32. The Kier molecular flexibility index (Phi) is 7.37. The van der Waals surface area contributed by atoms with Crippen molar-refractivity contribution in [2.45, 2.75) is 44.9 Å². The molecule has 8 nitrogen and oxygen atoms in total. The van der Waals surface area contributed by atoms with Gasteiger partial charge in [0.25, 0.3) is 0 Å². The zero-order chi connectivity index (χ0) is 25.1. The molecular formula is C25H25ClFN3O5. The van der Waals surface area contributed by atoms with Gasteiger partial charge in [-0.25, -0.2) is 14.4 Å². The van der Waals surface area contributed by atoms with Crippen LogP contribution in [0.5, 0.6) is 23.3 Å². The quantitative estimate of drug-likeness (QED) is 0.423. The van der Waals surface area contributed by atoms with Crippen LogP contribution in [0, 0.1) is 5.82 Å². The number of hydrogen-bond acceptors (Lipinski definition) is 7. The molecule has 4 rings (SSSR count). The van der Waals surface area contributed by atoms with Crippen molar-refractivity contribution in [2.75, 3.05) is 7.11 Å². The second kappa shape index (κ2) is 10.5. The second-order valence-corrected chi connectivity index (χ2v) is 8.75. The maximum atomic E-state index is 15.3. The fourth-order valence-corrected chi connectivity index (χ4v) is 4.18. The summed E-state index contributed by atoms with van der Waals surface area (Å²) < 4.78 is 32.3. The lowest BCUT2D eigenvalue weighted by molar-refractivity contribution is -0.139. The molecule has 3 heterocycles. The monoisotopic (exact) mass is 501 g/mol. The maximum Gasteiger partial charge on any atom is 0.320 e. The summed E-state index contributed by atoms with van der Waals surface area (Å²) in [5.41, 5.74) is 1.43. The van der Waals surface area contributed by atoms with E-state index in [2.05, 4.69) is 15.3 Å². The van der Waals surface area contributed by atoms with Crippen molar-refractivity contribution in [1.82, 2.24) is 15.3 Å². The number of methoxy groups -OCH3 is 1. The number of carbonyl (C=O) groups is 1. The fourth-order valence-electron chi connectivity index (χ4n) is 3.98. The normalized spacial score (nSPS) is 17.4. The number of nitrogens with one attached hydrogen (secondary N) is 1. The number of aliphatic carboxylic acids is 1. The first-order valence-corrected chi connectivity index (χ1v) is 11.5. The van der Waals surface area contributed by atoms with Gasteiger partial charge in [0.2, 0.25) is 11.8 Å². The van der Waals surface area contributed by atoms with E-state index in [1.807, 2.05) is 13.8 Å². The Balaban J connectivity index is 1.76. The van der Waals surface area contributed by atoms with Crippen LogP contribution in [0.15, 0.2) is 42.7 Å². The molecule has 0 bridgehead atoms. The molecule has 0 radical (unpaired) electrons. The number of hydrogen-bond donors (Lipinski definition) is 2. The predicted molar refractivity (Wildman–Crippen MR) is 128 cm³/mol. The van der Waals surface area contributed by atoms with Gasteiger partial charge < -0.3 is 19.3 Å². The standard InChI is InChI=1S/C25H25ClFN3O5/c1-13(2)34-24-18(26)9-14(12-29-24)35-22-11-19(27)17(20-6-7-21(30-20)25(31)32)10-16(22)15-5-4-8-28-23(15)33-3/h4-5,8-13,20-21,30H,6-7H2,1-3H3,(H,31,32). The van der Waals surface area contributed by atoms with Crippen LogP contribution in [0.1, 0.15) is 38.3 Å². The number of ether oxygens (including phenoxy) is 3. The van der Waals surface area contributed by atoms with Gasteiger partial charge in [0.15, 0.2) is 0 Å². The van der Waals surface area contributed by atoms with Crippen molar-refractivity contribution in [1.29, 1.82) is 0 Å². The van der Waals surface area contributed by atoms with Gasteiger partial charge in [-0.2, -0.15) is 0 Å². The number of aromatic nitrogens is 2. The third-order valence-electron chi connectivity index (χ3n) is 5.53. The van der Waals surface area contributed by atoms with Gasteiger partial charge in [-0.3, -0.25) is 10.1 Å². The Hall–Kier alpha value is -3.43. The lowest BCUT2D eigenvalue weighted by atomic mass is 9.97. The summed E-state index contributed by atoms with van der Waals surface area (Å²) in [4.78, 5) is 19.8. The summed E-state index contributed by atoms with van der Waals surface area (Å²) in [6, 6.07) is 6.76. The molecule has 1 aliphatic heterocycles. The van der Waals surface area contributed by atoms with E-state index in [9.17, 15) is 9.90 Å². The van der Waals surface area contributed by atoms with E-state index >= 15 is 4.39 Å². The highest BCUT2D eigenvalue weighted by atomic mass is 35.5. The van der Waals surface area contributed by atoms with Gasteiger partial charge in [-0.05, 0) is 44.9 Å². The van der Waals surface area contributed by atoms with Crippen LogP contribution in [0.3, 0.4) is 0 Å². The molecule has 1 aliphatic rings. The molecule has 1 saturated heterocycles. The number of nitrogens with zero attached hydrogens (tertiary/aromatic N) is 2. The van der Waals surface area contributed by atoms with Crippen molar-refractivity contribution in [3.63, 3.8) is 0 Å². The number of rotatable bonds is 8. The number of carboxylic acids is 1. The van der Waals surface area contributed by atoms with Gasteiger partial charge in [-0.15, -0.1) is 0 Å². The Bertz CT molecular complexity index is 1240. The summed E-state index contributed by atoms with van der Waals surface area (Å²) in [7, 11) is 1.49. The molecule has 0 spiro atoms. The first-order valence-electron chi connectivity index (χ1n) is 11.1. The van der Waals surface area contributed by atoms with E-state index in [4.69, 9.17) is 25.8 Å². The fraction of sp³-hybridized carbons (Fsp3) is 0.320. The van der Waals surface area contributed by atoms with E-state index in [-0.39, 0.29) is 28.5 Å². The summed E-state index contributed by atoms with van der Waals surface area (Å²) >= 11 is 6.30. The van der Waals surface area contributed by atoms with Crippen molar-refractivity contribution in [3.05, 3.63) is 59.1 Å². The molecule has 2 atom stereocenters. The third-order valence-corrected chi connectivity index (χ3v) is 5.80. The Morgan fingerprint density at radius 1 is 1.20 bits per heavy atom. The number of carboxylic acid groups (broad SMARTS) is 1. The average molecular weight is 502 g/mol. The first kappa shape index (κ1) is 24.7. The molecule has 2 aromatic heterocycles. The predicted octanol–water partition coefficient (Wildman–Crippen LogP) is 5.40. The smallest absolute Gasteiger partial charge is 0.320 e. The molecule has 10 heteroatoms. The summed E-state index contributed by atoms with van der Waals surface area (Å²) in [6.07, 6.45) is 3.80. The van der Waals surface area contributed by atoms with E-state index < -0.39 is 23.9 Å². The zero-order valence-electron chi connectivity index (χ0n) is 19.4. The van der Waals surface area contributed by atoms with Crippen LogP contribution in [-0.2, 0) is 4.79 Å². The molecule has 2 unspecified atom stereocenters. The molecule has 184 valence electrons. The Labute approximate surface area is 207 Å². The Morgan fingerprint density at radius 2 is 2.00 bits per heavy atom. The molecule has 0 aliphatic carbocycles. The van der Waals surface area contributed by atoms with Gasteiger partial charge in [0, 0.05) is 41.1 Å². The molecule has 0 amide bonds. The zero-order valence-corrected chi connectivity index (χ0v) is 20.2. The number of halogens is 2. The number of pyridine rings is 2. The highest BCUT2D eigenvalue weighted by molar-refractivity contribution is 6.31. The highest BCUT2D eigenvalue weighted by Gasteiger charge is 2.32. The molecular weight excluding hydrogens is 477 g/mol. The van der Waals surface area contributed by atoms with Gasteiger partial charge in [0.05, 0.1) is 19.4 Å². The summed E-state index contributed by atoms with van der Waals surface area (Å²) in [6.45, 7) is 3.72. The van der Waals surface area contributed by atoms with E-state index in [1.165, 1.54) is 19.4 Å². The Morgan fingerprint density at radius 3 is 2.66 bits per heavy atom. The number of benzene rings is 1. The van der Waals surface area contributed by atoms with Gasteiger partial charge >= 0.3 is 5.97 Å². The van der Waals surface area contributed by atoms with Crippen LogP contribution in [0.4, 0.5) is 4.39 Å². The van der Waals surface area contributed by atoms with Crippen LogP contribution >= 0.6 is 11.6 Å². The third kappa shape index (κ3) is 5.47. The molecule has 3 aromatic rings. The topological polar surface area (TPSA) is 103 Å². The SMILES string of the molecule is COc1ncccc1-c1cc(C2CCC(C(=O)O)N2)c(F)cc1Oc1cnc(OC(C)C)c(Cl)c1. The molecule has 35 heavy (non-hydrogen) atoms. The van der Waals surface area contributed by atoms with E-state index in [0.717, 1.165) is 0 Å².